The fourth-order valence-electron chi connectivity index (χ4n) is 4.14. The standard InChI is InChI=1S/C26H24F2N2O3/c1-33-26(32)21-4-2-20(3-5-21)25(31)30-16-14-29(15-17-30)24(18-6-10-22(27)11-7-18)19-8-12-23(28)13-9-19/h2-13,24H,14-17H2,1H3. The van der Waals surface area contributed by atoms with Gasteiger partial charge in [0.15, 0.2) is 0 Å². The third-order valence-electron chi connectivity index (χ3n) is 5.89. The summed E-state index contributed by atoms with van der Waals surface area (Å²) in [7, 11) is 1.31. The number of hydrogen-bond donors (Lipinski definition) is 0. The number of halogens is 2. The molecule has 0 bridgehead atoms. The van der Waals surface area contributed by atoms with Gasteiger partial charge in [0.25, 0.3) is 5.91 Å². The zero-order valence-electron chi connectivity index (χ0n) is 18.2. The molecule has 0 aromatic heterocycles. The zero-order chi connectivity index (χ0) is 23.4. The van der Waals surface area contributed by atoms with E-state index in [0.717, 1.165) is 11.1 Å². The molecule has 7 heteroatoms. The monoisotopic (exact) mass is 450 g/mol. The molecule has 1 amide bonds. The van der Waals surface area contributed by atoms with Crippen molar-refractivity contribution in [1.29, 1.82) is 0 Å². The Morgan fingerprint density at radius 1 is 0.727 bits per heavy atom. The topological polar surface area (TPSA) is 49.9 Å². The summed E-state index contributed by atoms with van der Waals surface area (Å²) in [5.41, 5.74) is 2.70. The number of carbonyl (C=O) groups excluding carboxylic acids is 2. The highest BCUT2D eigenvalue weighted by molar-refractivity contribution is 5.96. The summed E-state index contributed by atoms with van der Waals surface area (Å²) in [5, 5.41) is 0. The van der Waals surface area contributed by atoms with E-state index in [1.165, 1.54) is 31.4 Å². The van der Waals surface area contributed by atoms with Crippen molar-refractivity contribution in [2.75, 3.05) is 33.3 Å². The first-order valence-corrected chi connectivity index (χ1v) is 10.7. The van der Waals surface area contributed by atoms with Gasteiger partial charge in [0.2, 0.25) is 0 Å². The van der Waals surface area contributed by atoms with Gasteiger partial charge < -0.3 is 9.64 Å². The normalized spacial score (nSPS) is 14.4. The smallest absolute Gasteiger partial charge is 0.337 e. The number of piperazine rings is 1. The number of methoxy groups -OCH3 is 1. The van der Waals surface area contributed by atoms with Gasteiger partial charge in [0.05, 0.1) is 18.7 Å². The van der Waals surface area contributed by atoms with E-state index in [1.54, 1.807) is 53.4 Å². The van der Waals surface area contributed by atoms with Gasteiger partial charge in [-0.25, -0.2) is 13.6 Å². The van der Waals surface area contributed by atoms with Gasteiger partial charge in [-0.1, -0.05) is 24.3 Å². The molecular formula is C26H24F2N2O3. The van der Waals surface area contributed by atoms with Crippen molar-refractivity contribution >= 4 is 11.9 Å². The first kappa shape index (κ1) is 22.6. The van der Waals surface area contributed by atoms with Gasteiger partial charge in [-0.2, -0.15) is 0 Å². The van der Waals surface area contributed by atoms with E-state index in [-0.39, 0.29) is 23.6 Å². The number of carbonyl (C=O) groups is 2. The summed E-state index contributed by atoms with van der Waals surface area (Å²) in [6.45, 7) is 2.23. The van der Waals surface area contributed by atoms with Crippen LogP contribution in [0.25, 0.3) is 0 Å². The number of hydrogen-bond acceptors (Lipinski definition) is 4. The maximum Gasteiger partial charge on any atom is 0.337 e. The molecule has 0 spiro atoms. The Bertz CT molecular complexity index is 1060. The van der Waals surface area contributed by atoms with E-state index in [1.807, 2.05) is 0 Å². The lowest BCUT2D eigenvalue weighted by Gasteiger charge is -2.39. The summed E-state index contributed by atoms with van der Waals surface area (Å²) >= 11 is 0. The molecule has 0 radical (unpaired) electrons. The molecule has 3 aromatic carbocycles. The molecule has 1 aliphatic rings. The van der Waals surface area contributed by atoms with Gasteiger partial charge in [-0.15, -0.1) is 0 Å². The van der Waals surface area contributed by atoms with Crippen molar-refractivity contribution in [3.8, 4) is 0 Å². The lowest BCUT2D eigenvalue weighted by atomic mass is 9.96. The lowest BCUT2D eigenvalue weighted by Crippen LogP contribution is -2.49. The number of amides is 1. The average Bonchev–Trinajstić information content (AvgIpc) is 2.86. The molecule has 4 rings (SSSR count). The molecule has 0 atom stereocenters. The predicted octanol–water partition coefficient (Wildman–Crippen LogP) is 4.30. The molecular weight excluding hydrogens is 426 g/mol. The van der Waals surface area contributed by atoms with Crippen LogP contribution in [-0.2, 0) is 4.74 Å². The van der Waals surface area contributed by atoms with Crippen LogP contribution in [0.2, 0.25) is 0 Å². The number of benzene rings is 3. The predicted molar refractivity (Wildman–Crippen MR) is 120 cm³/mol. The van der Waals surface area contributed by atoms with Crippen molar-refractivity contribution in [3.63, 3.8) is 0 Å². The van der Waals surface area contributed by atoms with E-state index in [9.17, 15) is 18.4 Å². The van der Waals surface area contributed by atoms with Crippen LogP contribution in [0.3, 0.4) is 0 Å². The quantitative estimate of drug-likeness (QED) is 0.544. The molecule has 1 aliphatic heterocycles. The molecule has 33 heavy (non-hydrogen) atoms. The summed E-state index contributed by atoms with van der Waals surface area (Å²) in [6.07, 6.45) is 0. The summed E-state index contributed by atoms with van der Waals surface area (Å²) < 4.78 is 31.7. The SMILES string of the molecule is COC(=O)c1ccc(C(=O)N2CCN(C(c3ccc(F)cc3)c3ccc(F)cc3)CC2)cc1. The van der Waals surface area contributed by atoms with Crippen molar-refractivity contribution in [1.82, 2.24) is 9.80 Å². The van der Waals surface area contributed by atoms with Crippen LogP contribution in [0, 0.1) is 11.6 Å². The molecule has 5 nitrogen and oxygen atoms in total. The Morgan fingerprint density at radius 3 is 1.64 bits per heavy atom. The highest BCUT2D eigenvalue weighted by Crippen LogP contribution is 2.30. The van der Waals surface area contributed by atoms with E-state index in [0.29, 0.717) is 37.3 Å². The second-order valence-electron chi connectivity index (χ2n) is 7.90. The van der Waals surface area contributed by atoms with Crippen LogP contribution < -0.4 is 0 Å². The van der Waals surface area contributed by atoms with E-state index in [4.69, 9.17) is 4.74 Å². The number of nitrogens with zero attached hydrogens (tertiary/aromatic N) is 2. The van der Waals surface area contributed by atoms with Gasteiger partial charge in [0.1, 0.15) is 11.6 Å². The minimum Gasteiger partial charge on any atom is -0.465 e. The first-order chi connectivity index (χ1) is 16.0. The first-order valence-electron chi connectivity index (χ1n) is 10.7. The second kappa shape index (κ2) is 9.92. The highest BCUT2D eigenvalue weighted by Gasteiger charge is 2.28. The Morgan fingerprint density at radius 2 is 1.18 bits per heavy atom. The number of esters is 1. The average molecular weight is 450 g/mol. The van der Waals surface area contributed by atoms with Gasteiger partial charge >= 0.3 is 5.97 Å². The van der Waals surface area contributed by atoms with Gasteiger partial charge in [0, 0.05) is 31.7 Å². The van der Waals surface area contributed by atoms with Crippen molar-refractivity contribution in [2.45, 2.75) is 6.04 Å². The number of ether oxygens (including phenoxy) is 1. The van der Waals surface area contributed by atoms with Gasteiger partial charge in [-0.05, 0) is 59.7 Å². The molecule has 1 saturated heterocycles. The number of rotatable bonds is 5. The maximum atomic E-state index is 13.5. The molecule has 1 fully saturated rings. The Labute approximate surface area is 191 Å². The third kappa shape index (κ3) is 5.09. The molecule has 0 saturated carbocycles. The maximum absolute atomic E-state index is 13.5. The zero-order valence-corrected chi connectivity index (χ0v) is 18.2. The molecule has 0 aliphatic carbocycles. The van der Waals surface area contributed by atoms with Gasteiger partial charge in [-0.3, -0.25) is 9.69 Å². The van der Waals surface area contributed by atoms with Crippen molar-refractivity contribution < 1.29 is 23.1 Å². The van der Waals surface area contributed by atoms with Crippen molar-refractivity contribution in [3.05, 3.63) is 107 Å². The second-order valence-corrected chi connectivity index (χ2v) is 7.90. The fraction of sp³-hybridized carbons (Fsp3) is 0.231. The fourth-order valence-corrected chi connectivity index (χ4v) is 4.14. The molecule has 1 heterocycles. The van der Waals surface area contributed by atoms with Crippen LogP contribution in [0.15, 0.2) is 72.8 Å². The van der Waals surface area contributed by atoms with Crippen LogP contribution in [0.4, 0.5) is 8.78 Å². The highest BCUT2D eigenvalue weighted by atomic mass is 19.1. The summed E-state index contributed by atoms with van der Waals surface area (Å²) in [6, 6.07) is 18.9. The van der Waals surface area contributed by atoms with E-state index in [2.05, 4.69) is 4.90 Å². The van der Waals surface area contributed by atoms with E-state index >= 15 is 0 Å². The molecule has 170 valence electrons. The Kier molecular flexibility index (Phi) is 6.79. The molecule has 0 unspecified atom stereocenters. The van der Waals surface area contributed by atoms with Crippen LogP contribution in [0.5, 0.6) is 0 Å². The molecule has 3 aromatic rings. The summed E-state index contributed by atoms with van der Waals surface area (Å²) in [5.74, 6) is -1.18. The van der Waals surface area contributed by atoms with E-state index < -0.39 is 5.97 Å². The minimum absolute atomic E-state index is 0.105. The Hall–Kier alpha value is -3.58. The molecule has 0 N–H and O–H groups in total. The summed E-state index contributed by atoms with van der Waals surface area (Å²) in [4.78, 5) is 28.5. The largest absolute Gasteiger partial charge is 0.465 e. The minimum atomic E-state index is -0.449. The van der Waals surface area contributed by atoms with Crippen molar-refractivity contribution in [2.24, 2.45) is 0 Å². The van der Waals surface area contributed by atoms with Crippen LogP contribution in [-0.4, -0.2) is 55.0 Å². The lowest BCUT2D eigenvalue weighted by molar-refractivity contribution is 0.0587. The Balaban J connectivity index is 1.49. The third-order valence-corrected chi connectivity index (χ3v) is 5.89. The van der Waals surface area contributed by atoms with Crippen LogP contribution in [0.1, 0.15) is 37.9 Å². The van der Waals surface area contributed by atoms with Crippen LogP contribution >= 0.6 is 0 Å².